The minimum Gasteiger partial charge on any atom is -0.462 e. The van der Waals surface area contributed by atoms with Crippen molar-refractivity contribution in [3.05, 3.63) is 47.5 Å². The molecule has 0 spiro atoms. The van der Waals surface area contributed by atoms with Gasteiger partial charge in [-0.05, 0) is 59.6 Å². The first kappa shape index (κ1) is 18.2. The summed E-state index contributed by atoms with van der Waals surface area (Å²) < 4.78 is 5.51. The molecule has 2 aliphatic carbocycles. The zero-order valence-corrected chi connectivity index (χ0v) is 16.2. The molecule has 0 N–H and O–H groups in total. The predicted molar refractivity (Wildman–Crippen MR) is 103 cm³/mol. The van der Waals surface area contributed by atoms with Crippen molar-refractivity contribution in [1.82, 2.24) is 0 Å². The van der Waals surface area contributed by atoms with Gasteiger partial charge in [-0.25, -0.2) is 4.79 Å². The molecule has 25 heavy (non-hydrogen) atoms. The van der Waals surface area contributed by atoms with Crippen molar-refractivity contribution >= 4 is 5.97 Å². The van der Waals surface area contributed by atoms with Crippen molar-refractivity contribution in [3.63, 3.8) is 0 Å². The Balaban J connectivity index is 1.92. The lowest BCUT2D eigenvalue weighted by molar-refractivity contribution is -0.145. The lowest BCUT2D eigenvalue weighted by Gasteiger charge is -2.55. The molecule has 0 aromatic heterocycles. The third-order valence-corrected chi connectivity index (χ3v) is 6.88. The van der Waals surface area contributed by atoms with Crippen molar-refractivity contribution in [1.29, 1.82) is 0 Å². The standard InChI is InChI=1S/C23H32O2/c1-6-21(24)25-15-22(4)12-7-13-23(5)19-10-8-17(16(2)3)14-18(19)9-11-20(22)23/h6,8,10,14,16,20H,1,7,9,11-13,15H2,2-5H3. The molecular weight excluding hydrogens is 308 g/mol. The first-order chi connectivity index (χ1) is 11.8. The number of ether oxygens (including phenoxy) is 1. The van der Waals surface area contributed by atoms with Crippen LogP contribution >= 0.6 is 0 Å². The molecule has 1 saturated carbocycles. The normalized spacial score (nSPS) is 31.2. The van der Waals surface area contributed by atoms with Crippen LogP contribution in [0.25, 0.3) is 0 Å². The average Bonchev–Trinajstić information content (AvgIpc) is 2.59. The highest BCUT2D eigenvalue weighted by Gasteiger charge is 2.52. The van der Waals surface area contributed by atoms with Gasteiger partial charge in [0.25, 0.3) is 0 Å². The molecule has 1 fully saturated rings. The minimum absolute atomic E-state index is 0.0556. The number of carbonyl (C=O) groups excluding carboxylic acids is 1. The molecule has 0 aliphatic heterocycles. The molecule has 0 radical (unpaired) electrons. The first-order valence-corrected chi connectivity index (χ1v) is 9.73. The van der Waals surface area contributed by atoms with E-state index in [-0.39, 0.29) is 16.8 Å². The Kier molecular flexibility index (Phi) is 4.83. The molecule has 3 rings (SSSR count). The molecule has 2 aliphatic rings. The van der Waals surface area contributed by atoms with E-state index in [1.165, 1.54) is 42.0 Å². The first-order valence-electron chi connectivity index (χ1n) is 9.73. The summed E-state index contributed by atoms with van der Waals surface area (Å²) >= 11 is 0. The number of benzene rings is 1. The van der Waals surface area contributed by atoms with E-state index in [1.54, 1.807) is 0 Å². The Morgan fingerprint density at radius 3 is 2.80 bits per heavy atom. The molecular formula is C23H32O2. The fraction of sp³-hybridized carbons (Fsp3) is 0.609. The summed E-state index contributed by atoms with van der Waals surface area (Å²) in [5.41, 5.74) is 4.77. The van der Waals surface area contributed by atoms with E-state index in [0.29, 0.717) is 18.4 Å². The Labute approximate surface area is 152 Å². The van der Waals surface area contributed by atoms with Gasteiger partial charge in [0, 0.05) is 11.5 Å². The number of esters is 1. The molecule has 2 heteroatoms. The zero-order chi connectivity index (χ0) is 18.2. The highest BCUT2D eigenvalue weighted by atomic mass is 16.5. The van der Waals surface area contributed by atoms with Crippen LogP contribution in [0.5, 0.6) is 0 Å². The van der Waals surface area contributed by atoms with Gasteiger partial charge < -0.3 is 4.74 Å². The Morgan fingerprint density at radius 1 is 1.36 bits per heavy atom. The Hall–Kier alpha value is -1.57. The zero-order valence-electron chi connectivity index (χ0n) is 16.2. The summed E-state index contributed by atoms with van der Waals surface area (Å²) in [6.07, 6.45) is 7.16. The van der Waals surface area contributed by atoms with Gasteiger partial charge in [0.1, 0.15) is 0 Å². The summed E-state index contributed by atoms with van der Waals surface area (Å²) in [4.78, 5) is 11.6. The number of carbonyl (C=O) groups is 1. The summed E-state index contributed by atoms with van der Waals surface area (Å²) in [6, 6.07) is 7.14. The van der Waals surface area contributed by atoms with Gasteiger partial charge in [0.15, 0.2) is 0 Å². The second-order valence-corrected chi connectivity index (χ2v) is 8.90. The molecule has 1 aromatic carbocycles. The third kappa shape index (κ3) is 3.16. The van der Waals surface area contributed by atoms with Gasteiger partial charge >= 0.3 is 5.97 Å². The number of hydrogen-bond acceptors (Lipinski definition) is 2. The second kappa shape index (κ2) is 6.63. The molecule has 136 valence electrons. The van der Waals surface area contributed by atoms with Gasteiger partial charge in [-0.15, -0.1) is 0 Å². The van der Waals surface area contributed by atoms with Crippen molar-refractivity contribution in [2.45, 2.75) is 71.1 Å². The van der Waals surface area contributed by atoms with Crippen LogP contribution < -0.4 is 0 Å². The maximum atomic E-state index is 11.6. The smallest absolute Gasteiger partial charge is 0.330 e. The van der Waals surface area contributed by atoms with Crippen molar-refractivity contribution in [2.75, 3.05) is 6.61 Å². The molecule has 0 heterocycles. The van der Waals surface area contributed by atoms with Gasteiger partial charge in [-0.3, -0.25) is 0 Å². The van der Waals surface area contributed by atoms with Crippen LogP contribution in [-0.2, 0) is 21.4 Å². The number of aryl methyl sites for hydroxylation is 1. The molecule has 3 atom stereocenters. The fourth-order valence-corrected chi connectivity index (χ4v) is 5.47. The summed E-state index contributed by atoms with van der Waals surface area (Å²) in [5.74, 6) is 0.834. The average molecular weight is 341 g/mol. The number of hydrogen-bond donors (Lipinski definition) is 0. The van der Waals surface area contributed by atoms with E-state index in [1.807, 2.05) is 0 Å². The lowest BCUT2D eigenvalue weighted by atomic mass is 9.50. The van der Waals surface area contributed by atoms with Gasteiger partial charge in [0.05, 0.1) is 6.61 Å². The van der Waals surface area contributed by atoms with Crippen LogP contribution in [0.15, 0.2) is 30.9 Å². The highest BCUT2D eigenvalue weighted by molar-refractivity contribution is 5.81. The Morgan fingerprint density at radius 2 is 2.12 bits per heavy atom. The van der Waals surface area contributed by atoms with E-state index in [0.717, 1.165) is 12.8 Å². The molecule has 1 aromatic rings. The SMILES string of the molecule is C=CC(=O)OCC1(C)CCCC2(C)c3ccc(C(C)C)cc3CCC12. The Bertz CT molecular complexity index is 675. The minimum atomic E-state index is -0.300. The monoisotopic (exact) mass is 340 g/mol. The van der Waals surface area contributed by atoms with Gasteiger partial charge in [0.2, 0.25) is 0 Å². The largest absolute Gasteiger partial charge is 0.462 e. The van der Waals surface area contributed by atoms with Crippen LogP contribution in [0.4, 0.5) is 0 Å². The maximum Gasteiger partial charge on any atom is 0.330 e. The summed E-state index contributed by atoms with van der Waals surface area (Å²) in [5, 5.41) is 0. The van der Waals surface area contributed by atoms with Crippen molar-refractivity contribution in [3.8, 4) is 0 Å². The summed E-state index contributed by atoms with van der Waals surface area (Å²) in [6.45, 7) is 13.3. The topological polar surface area (TPSA) is 26.3 Å². The van der Waals surface area contributed by atoms with Crippen LogP contribution in [-0.4, -0.2) is 12.6 Å². The summed E-state index contributed by atoms with van der Waals surface area (Å²) in [7, 11) is 0. The maximum absolute atomic E-state index is 11.6. The van der Waals surface area contributed by atoms with E-state index in [9.17, 15) is 4.79 Å². The van der Waals surface area contributed by atoms with Gasteiger partial charge in [-0.2, -0.15) is 0 Å². The van der Waals surface area contributed by atoms with Crippen molar-refractivity contribution < 1.29 is 9.53 Å². The van der Waals surface area contributed by atoms with Gasteiger partial charge in [-0.1, -0.05) is 58.9 Å². The van der Waals surface area contributed by atoms with Crippen LogP contribution in [0, 0.1) is 11.3 Å². The molecule has 0 bridgehead atoms. The third-order valence-electron chi connectivity index (χ3n) is 6.88. The van der Waals surface area contributed by atoms with E-state index < -0.39 is 0 Å². The second-order valence-electron chi connectivity index (χ2n) is 8.90. The molecule has 0 amide bonds. The highest BCUT2D eigenvalue weighted by Crippen LogP contribution is 2.57. The van der Waals surface area contributed by atoms with Crippen LogP contribution in [0.2, 0.25) is 0 Å². The van der Waals surface area contributed by atoms with E-state index >= 15 is 0 Å². The van der Waals surface area contributed by atoms with Crippen LogP contribution in [0.3, 0.4) is 0 Å². The van der Waals surface area contributed by atoms with Crippen molar-refractivity contribution in [2.24, 2.45) is 11.3 Å². The molecule has 0 saturated heterocycles. The molecule has 2 nitrogen and oxygen atoms in total. The number of fused-ring (bicyclic) bond motifs is 3. The van der Waals surface area contributed by atoms with Crippen LogP contribution in [0.1, 0.15) is 76.0 Å². The molecule has 3 unspecified atom stereocenters. The number of rotatable bonds is 4. The van der Waals surface area contributed by atoms with E-state index in [4.69, 9.17) is 4.74 Å². The quantitative estimate of drug-likeness (QED) is 0.530. The predicted octanol–water partition coefficient (Wildman–Crippen LogP) is 5.55. The lowest BCUT2D eigenvalue weighted by Crippen LogP contribution is -2.51. The van der Waals surface area contributed by atoms with E-state index in [2.05, 4.69) is 52.5 Å². The fourth-order valence-electron chi connectivity index (χ4n) is 5.47.